The Labute approximate surface area is 118 Å². The number of rotatable bonds is 1. The first-order valence-corrected chi connectivity index (χ1v) is 7.56. The molecule has 2 heterocycles. The molecule has 19 heavy (non-hydrogen) atoms. The molecule has 0 aromatic heterocycles. The summed E-state index contributed by atoms with van der Waals surface area (Å²) >= 11 is 6.42. The summed E-state index contributed by atoms with van der Waals surface area (Å²) in [5.74, 6) is 1.81. The molecule has 3 nitrogen and oxygen atoms in total. The van der Waals surface area contributed by atoms with Gasteiger partial charge in [-0.15, -0.1) is 0 Å². The van der Waals surface area contributed by atoms with Gasteiger partial charge < -0.3 is 14.8 Å². The van der Waals surface area contributed by atoms with Crippen molar-refractivity contribution in [2.24, 2.45) is 0 Å². The van der Waals surface area contributed by atoms with Crippen molar-refractivity contribution in [1.29, 1.82) is 0 Å². The molecule has 1 N–H and O–H groups in total. The highest BCUT2D eigenvalue weighted by atomic mass is 35.5. The smallest absolute Gasteiger partial charge is 0.251 e. The first-order valence-electron chi connectivity index (χ1n) is 7.18. The van der Waals surface area contributed by atoms with Crippen LogP contribution in [-0.4, -0.2) is 18.9 Å². The van der Waals surface area contributed by atoms with E-state index in [1.165, 1.54) is 18.4 Å². The number of nitrogens with one attached hydrogen (secondary N) is 1. The van der Waals surface area contributed by atoms with Crippen LogP contribution < -0.4 is 14.8 Å². The third-order valence-electron chi connectivity index (χ3n) is 4.52. The summed E-state index contributed by atoms with van der Waals surface area (Å²) in [5, 5.41) is 4.19. The van der Waals surface area contributed by atoms with E-state index < -0.39 is 5.79 Å². The fourth-order valence-corrected chi connectivity index (χ4v) is 3.79. The maximum atomic E-state index is 6.42. The molecular formula is C15H18ClNO2. The molecule has 0 amide bonds. The number of benzene rings is 1. The van der Waals surface area contributed by atoms with Crippen molar-refractivity contribution in [3.63, 3.8) is 0 Å². The topological polar surface area (TPSA) is 30.5 Å². The Balaban J connectivity index is 1.68. The molecule has 4 rings (SSSR count). The number of hydrogen-bond acceptors (Lipinski definition) is 3. The molecule has 1 saturated carbocycles. The van der Waals surface area contributed by atoms with E-state index in [-0.39, 0.29) is 0 Å². The maximum Gasteiger partial charge on any atom is 0.251 e. The zero-order valence-electron chi connectivity index (χ0n) is 10.9. The lowest BCUT2D eigenvalue weighted by molar-refractivity contribution is -0.0716. The fraction of sp³-hybridized carbons (Fsp3) is 0.600. The second-order valence-electron chi connectivity index (χ2n) is 5.83. The molecule has 2 aliphatic heterocycles. The highest BCUT2D eigenvalue weighted by Crippen LogP contribution is 2.49. The number of ether oxygens (including phenoxy) is 2. The predicted molar refractivity (Wildman–Crippen MR) is 74.1 cm³/mol. The molecule has 1 unspecified atom stereocenters. The SMILES string of the molecule is Clc1cc2c(cc1C1CCNC1)OC1(CCCC1)O2. The molecule has 2 fully saturated rings. The molecule has 3 aliphatic rings. The van der Waals surface area contributed by atoms with E-state index in [9.17, 15) is 0 Å². The lowest BCUT2D eigenvalue weighted by Gasteiger charge is -2.21. The molecule has 1 aliphatic carbocycles. The Kier molecular flexibility index (Phi) is 2.68. The Bertz CT molecular complexity index is 505. The third-order valence-corrected chi connectivity index (χ3v) is 4.85. The Hall–Kier alpha value is -0.930. The predicted octanol–water partition coefficient (Wildman–Crippen LogP) is 3.46. The van der Waals surface area contributed by atoms with Gasteiger partial charge in [-0.2, -0.15) is 0 Å². The Morgan fingerprint density at radius 1 is 1.16 bits per heavy atom. The Morgan fingerprint density at radius 2 is 1.89 bits per heavy atom. The van der Waals surface area contributed by atoms with Crippen molar-refractivity contribution in [2.45, 2.75) is 43.8 Å². The molecule has 1 aromatic rings. The van der Waals surface area contributed by atoms with E-state index in [1.807, 2.05) is 6.07 Å². The summed E-state index contributed by atoms with van der Waals surface area (Å²) in [6, 6.07) is 4.04. The molecule has 0 bridgehead atoms. The first kappa shape index (κ1) is 11.9. The van der Waals surface area contributed by atoms with Crippen molar-refractivity contribution in [1.82, 2.24) is 5.32 Å². The molecule has 1 atom stereocenters. The minimum absolute atomic E-state index is 0.391. The molecule has 1 spiro atoms. The fourth-order valence-electron chi connectivity index (χ4n) is 3.48. The number of halogens is 1. The van der Waals surface area contributed by atoms with Crippen molar-refractivity contribution in [3.05, 3.63) is 22.7 Å². The number of fused-ring (bicyclic) bond motifs is 1. The molecule has 4 heteroatoms. The van der Waals surface area contributed by atoms with E-state index in [0.29, 0.717) is 5.92 Å². The summed E-state index contributed by atoms with van der Waals surface area (Å²) in [4.78, 5) is 0. The normalized spacial score (nSPS) is 27.3. The summed E-state index contributed by atoms with van der Waals surface area (Å²) in [6.07, 6.45) is 5.48. The maximum absolute atomic E-state index is 6.42. The van der Waals surface area contributed by atoms with Crippen LogP contribution in [0.2, 0.25) is 5.02 Å². The van der Waals surface area contributed by atoms with Gasteiger partial charge in [0.15, 0.2) is 11.5 Å². The van der Waals surface area contributed by atoms with Crippen molar-refractivity contribution < 1.29 is 9.47 Å². The minimum atomic E-state index is -0.391. The van der Waals surface area contributed by atoms with Gasteiger partial charge in [-0.3, -0.25) is 0 Å². The van der Waals surface area contributed by atoms with Gasteiger partial charge >= 0.3 is 0 Å². The van der Waals surface area contributed by atoms with Gasteiger partial charge in [0.05, 0.1) is 0 Å². The minimum Gasteiger partial charge on any atom is -0.448 e. The van der Waals surface area contributed by atoms with E-state index in [0.717, 1.165) is 48.9 Å². The van der Waals surface area contributed by atoms with Gasteiger partial charge in [0.1, 0.15) is 0 Å². The zero-order valence-corrected chi connectivity index (χ0v) is 11.6. The van der Waals surface area contributed by atoms with Crippen LogP contribution in [0.4, 0.5) is 0 Å². The number of hydrogen-bond donors (Lipinski definition) is 1. The second-order valence-corrected chi connectivity index (χ2v) is 6.24. The van der Waals surface area contributed by atoms with Crippen molar-refractivity contribution >= 4 is 11.6 Å². The third kappa shape index (κ3) is 1.91. The van der Waals surface area contributed by atoms with Crippen molar-refractivity contribution in [2.75, 3.05) is 13.1 Å². The van der Waals surface area contributed by atoms with E-state index in [4.69, 9.17) is 21.1 Å². The molecule has 1 aromatic carbocycles. The van der Waals surface area contributed by atoms with E-state index in [1.54, 1.807) is 0 Å². The monoisotopic (exact) mass is 279 g/mol. The van der Waals surface area contributed by atoms with E-state index in [2.05, 4.69) is 11.4 Å². The highest BCUT2D eigenvalue weighted by Gasteiger charge is 2.44. The summed E-state index contributed by atoms with van der Waals surface area (Å²) in [5.41, 5.74) is 1.20. The van der Waals surface area contributed by atoms with Gasteiger partial charge in [0.2, 0.25) is 0 Å². The summed E-state index contributed by atoms with van der Waals surface area (Å²) in [7, 11) is 0. The molecule has 1 saturated heterocycles. The summed E-state index contributed by atoms with van der Waals surface area (Å²) < 4.78 is 12.1. The van der Waals surface area contributed by atoms with Gasteiger partial charge in [-0.25, -0.2) is 0 Å². The lowest BCUT2D eigenvalue weighted by atomic mass is 9.98. The van der Waals surface area contributed by atoms with Gasteiger partial charge in [0.25, 0.3) is 5.79 Å². The summed E-state index contributed by atoms with van der Waals surface area (Å²) in [6.45, 7) is 2.07. The van der Waals surface area contributed by atoms with Crippen LogP contribution in [-0.2, 0) is 0 Å². The first-order chi connectivity index (χ1) is 9.26. The van der Waals surface area contributed by atoms with Crippen LogP contribution in [0.25, 0.3) is 0 Å². The molecule has 102 valence electrons. The average Bonchev–Trinajstić information content (AvgIpc) is 3.10. The van der Waals surface area contributed by atoms with Crippen LogP contribution in [0.3, 0.4) is 0 Å². The largest absolute Gasteiger partial charge is 0.448 e. The highest BCUT2D eigenvalue weighted by molar-refractivity contribution is 6.31. The van der Waals surface area contributed by atoms with E-state index >= 15 is 0 Å². The van der Waals surface area contributed by atoms with Crippen LogP contribution >= 0.6 is 11.6 Å². The van der Waals surface area contributed by atoms with Gasteiger partial charge in [-0.05, 0) is 43.4 Å². The van der Waals surface area contributed by atoms with Gasteiger partial charge in [-0.1, -0.05) is 11.6 Å². The molecular weight excluding hydrogens is 262 g/mol. The standard InChI is InChI=1S/C15H18ClNO2/c16-12-8-14-13(7-11(12)10-3-6-17-9-10)18-15(19-14)4-1-2-5-15/h7-8,10,17H,1-6,9H2. The lowest BCUT2D eigenvalue weighted by Crippen LogP contribution is -2.34. The van der Waals surface area contributed by atoms with Crippen LogP contribution in [0.1, 0.15) is 43.6 Å². The Morgan fingerprint density at radius 3 is 2.58 bits per heavy atom. The van der Waals surface area contributed by atoms with Crippen LogP contribution in [0.5, 0.6) is 11.5 Å². The van der Waals surface area contributed by atoms with Gasteiger partial charge in [0, 0.05) is 30.5 Å². The quantitative estimate of drug-likeness (QED) is 0.854. The second kappa shape index (κ2) is 4.29. The molecule has 0 radical (unpaired) electrons. The van der Waals surface area contributed by atoms with Crippen molar-refractivity contribution in [3.8, 4) is 11.5 Å². The van der Waals surface area contributed by atoms with Crippen LogP contribution in [0, 0.1) is 0 Å². The average molecular weight is 280 g/mol. The zero-order chi connectivity index (χ0) is 12.9. The van der Waals surface area contributed by atoms with Crippen LogP contribution in [0.15, 0.2) is 12.1 Å².